The summed E-state index contributed by atoms with van der Waals surface area (Å²) in [6, 6.07) is 0. The Hall–Kier alpha value is -0.440. The van der Waals surface area contributed by atoms with E-state index in [0.29, 0.717) is 0 Å². The van der Waals surface area contributed by atoms with Crippen LogP contribution in [0, 0.1) is 17.8 Å². The molecule has 0 heterocycles. The molecule has 0 aromatic rings. The molecular weight excluding hydrogens is 96.1 g/mol. The lowest BCUT2D eigenvalue weighted by molar-refractivity contribution is 0.416. The molecule has 8 heavy (non-hydrogen) atoms. The second-order valence-electron chi connectivity index (χ2n) is 2.41. The van der Waals surface area contributed by atoms with Gasteiger partial charge in [-0.1, -0.05) is 13.8 Å². The monoisotopic (exact) mass is 110 g/mol. The molecule has 0 rings (SSSR count). The summed E-state index contributed by atoms with van der Waals surface area (Å²) in [5.41, 5.74) is 0.153. The van der Waals surface area contributed by atoms with Crippen molar-refractivity contribution in [1.29, 1.82) is 0 Å². The summed E-state index contributed by atoms with van der Waals surface area (Å²) in [7, 11) is 0. The molecule has 0 amide bonds. The molecule has 0 saturated heterocycles. The van der Waals surface area contributed by atoms with Crippen LogP contribution in [0.15, 0.2) is 0 Å². The Morgan fingerprint density at radius 1 is 1.38 bits per heavy atom. The highest BCUT2D eigenvalue weighted by atomic mass is 14.2. The summed E-state index contributed by atoms with van der Waals surface area (Å²) in [5.74, 6) is 2.78. The maximum absolute atomic E-state index is 5.28. The van der Waals surface area contributed by atoms with Crippen molar-refractivity contribution in [1.82, 2.24) is 0 Å². The van der Waals surface area contributed by atoms with Crippen molar-refractivity contribution in [2.75, 3.05) is 0 Å². The first-order valence-corrected chi connectivity index (χ1v) is 3.16. The van der Waals surface area contributed by atoms with E-state index in [4.69, 9.17) is 6.42 Å². The molecule has 0 N–H and O–H groups in total. The van der Waals surface area contributed by atoms with Gasteiger partial charge in [-0.2, -0.15) is 0 Å². The van der Waals surface area contributed by atoms with Crippen LogP contribution in [0.1, 0.15) is 33.6 Å². The van der Waals surface area contributed by atoms with E-state index >= 15 is 0 Å². The zero-order valence-electron chi connectivity index (χ0n) is 5.99. The van der Waals surface area contributed by atoms with Crippen molar-refractivity contribution in [2.45, 2.75) is 33.6 Å². The lowest BCUT2D eigenvalue weighted by Gasteiger charge is -2.17. The van der Waals surface area contributed by atoms with Gasteiger partial charge in [0.05, 0.1) is 0 Å². The minimum Gasteiger partial charge on any atom is -0.120 e. The maximum atomic E-state index is 5.28. The van der Waals surface area contributed by atoms with Crippen LogP contribution >= 0.6 is 0 Å². The second-order valence-corrected chi connectivity index (χ2v) is 2.41. The standard InChI is InChI=1S/C8H14/c1-5-8(4,6-2)7-3/h1H,6-7H2,2-4H3. The molecular formula is C8H14. The maximum Gasteiger partial charge on any atom is 0.0278 e. The van der Waals surface area contributed by atoms with Crippen LogP contribution in [-0.2, 0) is 0 Å². The molecule has 0 bridgehead atoms. The van der Waals surface area contributed by atoms with E-state index in [1.54, 1.807) is 0 Å². The van der Waals surface area contributed by atoms with Gasteiger partial charge in [0, 0.05) is 5.41 Å². The third-order valence-corrected chi connectivity index (χ3v) is 1.91. The van der Waals surface area contributed by atoms with E-state index in [9.17, 15) is 0 Å². The first kappa shape index (κ1) is 7.56. The van der Waals surface area contributed by atoms with Gasteiger partial charge in [0.25, 0.3) is 0 Å². The van der Waals surface area contributed by atoms with Gasteiger partial charge in [-0.25, -0.2) is 0 Å². The van der Waals surface area contributed by atoms with Crippen LogP contribution in [0.3, 0.4) is 0 Å². The highest BCUT2D eigenvalue weighted by Gasteiger charge is 2.13. The van der Waals surface area contributed by atoms with Crippen LogP contribution < -0.4 is 0 Å². The molecule has 0 radical (unpaired) electrons. The van der Waals surface area contributed by atoms with Gasteiger partial charge in [-0.3, -0.25) is 0 Å². The fourth-order valence-corrected chi connectivity index (χ4v) is 0.454. The molecule has 46 valence electrons. The topological polar surface area (TPSA) is 0 Å². The van der Waals surface area contributed by atoms with Gasteiger partial charge in [0.1, 0.15) is 0 Å². The van der Waals surface area contributed by atoms with Gasteiger partial charge >= 0.3 is 0 Å². The first-order valence-electron chi connectivity index (χ1n) is 3.16. The predicted octanol–water partition coefficient (Wildman–Crippen LogP) is 2.45. The van der Waals surface area contributed by atoms with Gasteiger partial charge in [-0.15, -0.1) is 12.3 Å². The fourth-order valence-electron chi connectivity index (χ4n) is 0.454. The van der Waals surface area contributed by atoms with E-state index in [1.165, 1.54) is 0 Å². The summed E-state index contributed by atoms with van der Waals surface area (Å²) in [6.45, 7) is 6.37. The van der Waals surface area contributed by atoms with E-state index in [1.807, 2.05) is 0 Å². The fraction of sp³-hybridized carbons (Fsp3) is 0.750. The quantitative estimate of drug-likeness (QED) is 0.479. The van der Waals surface area contributed by atoms with Crippen molar-refractivity contribution >= 4 is 0 Å². The van der Waals surface area contributed by atoms with Crippen molar-refractivity contribution in [3.8, 4) is 12.3 Å². The third-order valence-electron chi connectivity index (χ3n) is 1.91. The smallest absolute Gasteiger partial charge is 0.0278 e. The Bertz CT molecular complexity index is 91.1. The largest absolute Gasteiger partial charge is 0.120 e. The lowest BCUT2D eigenvalue weighted by atomic mass is 9.86. The summed E-state index contributed by atoms with van der Waals surface area (Å²) in [5, 5.41) is 0. The number of hydrogen-bond acceptors (Lipinski definition) is 0. The molecule has 0 atom stereocenters. The number of terminal acetylenes is 1. The predicted molar refractivity (Wildman–Crippen MR) is 37.5 cm³/mol. The zero-order valence-corrected chi connectivity index (χ0v) is 5.99. The summed E-state index contributed by atoms with van der Waals surface area (Å²) in [6.07, 6.45) is 7.44. The molecule has 0 heteroatoms. The molecule has 0 nitrogen and oxygen atoms in total. The van der Waals surface area contributed by atoms with Crippen LogP contribution in [0.5, 0.6) is 0 Å². The Balaban J connectivity index is 3.83. The van der Waals surface area contributed by atoms with Gasteiger partial charge in [0.15, 0.2) is 0 Å². The Morgan fingerprint density at radius 3 is 1.75 bits per heavy atom. The number of hydrogen-bond donors (Lipinski definition) is 0. The Morgan fingerprint density at radius 2 is 1.75 bits per heavy atom. The van der Waals surface area contributed by atoms with E-state index < -0.39 is 0 Å². The minimum atomic E-state index is 0.153. The van der Waals surface area contributed by atoms with Crippen LogP contribution in [0.2, 0.25) is 0 Å². The molecule has 0 aliphatic heterocycles. The molecule has 0 aromatic carbocycles. The zero-order chi connectivity index (χ0) is 6.62. The average Bonchev–Trinajstić information content (AvgIpc) is 1.87. The van der Waals surface area contributed by atoms with Crippen LogP contribution in [0.25, 0.3) is 0 Å². The third kappa shape index (κ3) is 1.58. The summed E-state index contributed by atoms with van der Waals surface area (Å²) >= 11 is 0. The SMILES string of the molecule is C#CC(C)(CC)CC. The summed E-state index contributed by atoms with van der Waals surface area (Å²) < 4.78 is 0. The van der Waals surface area contributed by atoms with Crippen molar-refractivity contribution in [2.24, 2.45) is 5.41 Å². The van der Waals surface area contributed by atoms with Crippen LogP contribution in [-0.4, -0.2) is 0 Å². The second kappa shape index (κ2) is 2.77. The van der Waals surface area contributed by atoms with Gasteiger partial charge in [-0.05, 0) is 19.8 Å². The van der Waals surface area contributed by atoms with Gasteiger partial charge < -0.3 is 0 Å². The average molecular weight is 110 g/mol. The molecule has 0 spiro atoms. The first-order chi connectivity index (χ1) is 3.68. The molecule has 0 aliphatic carbocycles. The number of rotatable bonds is 2. The minimum absolute atomic E-state index is 0.153. The summed E-state index contributed by atoms with van der Waals surface area (Å²) in [4.78, 5) is 0. The van der Waals surface area contributed by atoms with Crippen LogP contribution in [0.4, 0.5) is 0 Å². The Labute approximate surface area is 52.3 Å². The molecule has 0 saturated carbocycles. The van der Waals surface area contributed by atoms with Crippen molar-refractivity contribution < 1.29 is 0 Å². The Kier molecular flexibility index (Phi) is 2.62. The van der Waals surface area contributed by atoms with E-state index in [-0.39, 0.29) is 5.41 Å². The molecule has 0 aromatic heterocycles. The lowest BCUT2D eigenvalue weighted by Crippen LogP contribution is -2.09. The van der Waals surface area contributed by atoms with Crippen molar-refractivity contribution in [3.63, 3.8) is 0 Å². The normalized spacial score (nSPS) is 10.8. The van der Waals surface area contributed by atoms with E-state index in [2.05, 4.69) is 26.7 Å². The van der Waals surface area contributed by atoms with E-state index in [0.717, 1.165) is 12.8 Å². The molecule has 0 fully saturated rings. The van der Waals surface area contributed by atoms with Gasteiger partial charge in [0.2, 0.25) is 0 Å². The highest BCUT2D eigenvalue weighted by Crippen LogP contribution is 2.22. The highest BCUT2D eigenvalue weighted by molar-refractivity contribution is 5.01. The molecule has 0 unspecified atom stereocenters. The van der Waals surface area contributed by atoms with Crippen molar-refractivity contribution in [3.05, 3.63) is 0 Å². The molecule has 0 aliphatic rings.